The van der Waals surface area contributed by atoms with Crippen LogP contribution in [0.4, 0.5) is 11.5 Å². The van der Waals surface area contributed by atoms with Crippen LogP contribution in [0.15, 0.2) is 41.3 Å². The maximum Gasteiger partial charge on any atom is 0.148 e. The van der Waals surface area contributed by atoms with Crippen molar-refractivity contribution in [2.24, 2.45) is 5.73 Å². The van der Waals surface area contributed by atoms with Crippen LogP contribution in [-0.4, -0.2) is 23.1 Å². The lowest BCUT2D eigenvalue weighted by Crippen LogP contribution is -2.10. The van der Waals surface area contributed by atoms with E-state index in [1.807, 2.05) is 24.3 Å². The lowest BCUT2D eigenvalue weighted by atomic mass is 10.3. The smallest absolute Gasteiger partial charge is 0.148 e. The van der Waals surface area contributed by atoms with Gasteiger partial charge in [0.15, 0.2) is 0 Å². The zero-order chi connectivity index (χ0) is 12.8. The van der Waals surface area contributed by atoms with Gasteiger partial charge in [0, 0.05) is 24.5 Å². The second-order valence-corrected chi connectivity index (χ2v) is 4.36. The molecule has 94 valence electrons. The van der Waals surface area contributed by atoms with Crippen molar-refractivity contribution in [3.63, 3.8) is 0 Å². The minimum absolute atomic E-state index is 0.495. The van der Waals surface area contributed by atoms with Crippen LogP contribution in [0.3, 0.4) is 0 Å². The number of benzene rings is 1. The van der Waals surface area contributed by atoms with Crippen LogP contribution < -0.4 is 15.8 Å². The Bertz CT molecular complexity index is 521. The highest BCUT2D eigenvalue weighted by atomic mass is 79.9. The molecule has 3 N–H and O–H groups in total. The molecule has 5 nitrogen and oxygen atoms in total. The van der Waals surface area contributed by atoms with E-state index in [0.29, 0.717) is 19.0 Å². The zero-order valence-corrected chi connectivity index (χ0v) is 11.2. The molecule has 0 aliphatic carbocycles. The molecular weight excluding hydrogens is 296 g/mol. The summed E-state index contributed by atoms with van der Waals surface area (Å²) in [6.07, 6.45) is 3.17. The summed E-state index contributed by atoms with van der Waals surface area (Å²) in [6.45, 7) is 0.996. The predicted octanol–water partition coefficient (Wildman–Crippen LogP) is 2.32. The number of halogens is 1. The van der Waals surface area contributed by atoms with Crippen LogP contribution in [0.25, 0.3) is 0 Å². The summed E-state index contributed by atoms with van der Waals surface area (Å²) in [5, 5.41) is 3.18. The first-order valence-corrected chi connectivity index (χ1v) is 6.24. The molecule has 0 unspecified atom stereocenters. The minimum Gasteiger partial charge on any atom is -0.492 e. The molecule has 1 aromatic heterocycles. The van der Waals surface area contributed by atoms with Crippen LogP contribution in [0.1, 0.15) is 0 Å². The summed E-state index contributed by atoms with van der Waals surface area (Å²) in [4.78, 5) is 8.04. The summed E-state index contributed by atoms with van der Waals surface area (Å²) < 4.78 is 6.26. The van der Waals surface area contributed by atoms with E-state index in [9.17, 15) is 0 Å². The summed E-state index contributed by atoms with van der Waals surface area (Å²) in [5.74, 6) is 1.48. The van der Waals surface area contributed by atoms with Crippen LogP contribution in [0.2, 0.25) is 0 Å². The summed E-state index contributed by atoms with van der Waals surface area (Å²) >= 11 is 3.38. The van der Waals surface area contributed by atoms with Gasteiger partial charge >= 0.3 is 0 Å². The second kappa shape index (κ2) is 6.32. The van der Waals surface area contributed by atoms with Crippen LogP contribution in [-0.2, 0) is 0 Å². The first kappa shape index (κ1) is 12.8. The van der Waals surface area contributed by atoms with Gasteiger partial charge < -0.3 is 15.8 Å². The van der Waals surface area contributed by atoms with E-state index in [1.54, 1.807) is 6.20 Å². The Labute approximate surface area is 114 Å². The second-order valence-electron chi connectivity index (χ2n) is 3.51. The molecule has 0 aliphatic heterocycles. The van der Waals surface area contributed by atoms with Crippen molar-refractivity contribution >= 4 is 27.4 Å². The van der Waals surface area contributed by atoms with Gasteiger partial charge in [-0.3, -0.25) is 0 Å². The van der Waals surface area contributed by atoms with E-state index >= 15 is 0 Å². The van der Waals surface area contributed by atoms with E-state index in [-0.39, 0.29) is 0 Å². The molecule has 0 atom stereocenters. The number of ether oxygens (including phenoxy) is 1. The minimum atomic E-state index is 0.495. The van der Waals surface area contributed by atoms with E-state index in [2.05, 4.69) is 31.2 Å². The van der Waals surface area contributed by atoms with Crippen molar-refractivity contribution in [3.8, 4) is 5.75 Å². The largest absolute Gasteiger partial charge is 0.492 e. The van der Waals surface area contributed by atoms with Gasteiger partial charge in [-0.05, 0) is 28.1 Å². The van der Waals surface area contributed by atoms with Crippen molar-refractivity contribution < 1.29 is 4.74 Å². The molecular formula is C12H13BrN4O. The molecule has 0 spiro atoms. The quantitative estimate of drug-likeness (QED) is 0.887. The Balaban J connectivity index is 2.12. The number of nitrogens with two attached hydrogens (primary N) is 1. The molecule has 0 aliphatic rings. The normalized spacial score (nSPS) is 10.1. The zero-order valence-electron chi connectivity index (χ0n) is 9.64. The van der Waals surface area contributed by atoms with Crippen molar-refractivity contribution in [1.82, 2.24) is 9.97 Å². The van der Waals surface area contributed by atoms with Gasteiger partial charge in [-0.1, -0.05) is 6.07 Å². The third-order valence-electron chi connectivity index (χ3n) is 2.15. The average molecular weight is 309 g/mol. The highest BCUT2D eigenvalue weighted by molar-refractivity contribution is 9.10. The van der Waals surface area contributed by atoms with Gasteiger partial charge in [0.25, 0.3) is 0 Å². The molecule has 0 radical (unpaired) electrons. The lowest BCUT2D eigenvalue weighted by molar-refractivity contribution is 0.328. The first-order valence-electron chi connectivity index (χ1n) is 5.45. The number of aromatic nitrogens is 2. The molecule has 6 heteroatoms. The predicted molar refractivity (Wildman–Crippen MR) is 74.0 cm³/mol. The number of hydrogen-bond donors (Lipinski definition) is 2. The Kier molecular flexibility index (Phi) is 4.49. The van der Waals surface area contributed by atoms with Crippen molar-refractivity contribution in [1.29, 1.82) is 0 Å². The fourth-order valence-corrected chi connectivity index (χ4v) is 1.70. The molecule has 2 rings (SSSR count). The number of nitrogens with one attached hydrogen (secondary N) is 1. The highest BCUT2D eigenvalue weighted by Gasteiger charge is 2.02. The SMILES string of the molecule is NCCOc1cccc(Nc2ncncc2Br)c1. The fraction of sp³-hybridized carbons (Fsp3) is 0.167. The van der Waals surface area contributed by atoms with Gasteiger partial charge in [0.05, 0.1) is 4.47 Å². The number of anilines is 2. The molecule has 2 aromatic rings. The van der Waals surface area contributed by atoms with Crippen LogP contribution in [0.5, 0.6) is 5.75 Å². The van der Waals surface area contributed by atoms with Crippen molar-refractivity contribution in [2.75, 3.05) is 18.5 Å². The van der Waals surface area contributed by atoms with Gasteiger partial charge in [0.1, 0.15) is 24.5 Å². The van der Waals surface area contributed by atoms with Gasteiger partial charge in [-0.2, -0.15) is 0 Å². The maximum absolute atomic E-state index is 5.45. The Morgan fingerprint density at radius 2 is 2.28 bits per heavy atom. The van der Waals surface area contributed by atoms with Crippen molar-refractivity contribution in [3.05, 3.63) is 41.3 Å². The highest BCUT2D eigenvalue weighted by Crippen LogP contribution is 2.24. The standard InChI is InChI=1S/C12H13BrN4O/c13-11-7-15-8-16-12(11)17-9-2-1-3-10(6-9)18-5-4-14/h1-3,6-8H,4-5,14H2,(H,15,16,17). The summed E-state index contributed by atoms with van der Waals surface area (Å²) in [6, 6.07) is 7.62. The van der Waals surface area contributed by atoms with Crippen LogP contribution in [0, 0.1) is 0 Å². The Hall–Kier alpha value is -1.66. The summed E-state index contributed by atoms with van der Waals surface area (Å²) in [7, 11) is 0. The molecule has 1 heterocycles. The Morgan fingerprint density at radius 3 is 3.06 bits per heavy atom. The molecule has 0 saturated carbocycles. The average Bonchev–Trinajstić information content (AvgIpc) is 2.40. The molecule has 18 heavy (non-hydrogen) atoms. The first-order chi connectivity index (χ1) is 8.79. The van der Waals surface area contributed by atoms with E-state index in [0.717, 1.165) is 15.9 Å². The molecule has 1 aromatic carbocycles. The molecule has 0 saturated heterocycles. The Morgan fingerprint density at radius 1 is 1.39 bits per heavy atom. The van der Waals surface area contributed by atoms with E-state index in [1.165, 1.54) is 6.33 Å². The monoisotopic (exact) mass is 308 g/mol. The topological polar surface area (TPSA) is 73.1 Å². The molecule has 0 fully saturated rings. The third-order valence-corrected chi connectivity index (χ3v) is 2.73. The number of hydrogen-bond acceptors (Lipinski definition) is 5. The van der Waals surface area contributed by atoms with E-state index in [4.69, 9.17) is 10.5 Å². The van der Waals surface area contributed by atoms with Gasteiger partial charge in [0.2, 0.25) is 0 Å². The van der Waals surface area contributed by atoms with Crippen LogP contribution >= 0.6 is 15.9 Å². The fourth-order valence-electron chi connectivity index (χ4n) is 1.38. The summed E-state index contributed by atoms with van der Waals surface area (Å²) in [5.41, 5.74) is 6.29. The number of rotatable bonds is 5. The maximum atomic E-state index is 5.45. The third kappa shape index (κ3) is 3.41. The van der Waals surface area contributed by atoms with Gasteiger partial charge in [-0.25, -0.2) is 9.97 Å². The number of nitrogens with zero attached hydrogens (tertiary/aromatic N) is 2. The van der Waals surface area contributed by atoms with E-state index < -0.39 is 0 Å². The van der Waals surface area contributed by atoms with Gasteiger partial charge in [-0.15, -0.1) is 0 Å². The molecule has 0 bridgehead atoms. The van der Waals surface area contributed by atoms with Crippen molar-refractivity contribution in [2.45, 2.75) is 0 Å². The lowest BCUT2D eigenvalue weighted by Gasteiger charge is -2.09. The molecule has 0 amide bonds.